The van der Waals surface area contributed by atoms with Crippen LogP contribution in [0.3, 0.4) is 0 Å². The van der Waals surface area contributed by atoms with Crippen LogP contribution in [0.5, 0.6) is 0 Å². The summed E-state index contributed by atoms with van der Waals surface area (Å²) < 4.78 is 22.0. The third kappa shape index (κ3) is 2.21. The normalized spacial score (nSPS) is 38.8. The molecule has 114 valence electrons. The summed E-state index contributed by atoms with van der Waals surface area (Å²) >= 11 is 0. The van der Waals surface area contributed by atoms with Crippen molar-refractivity contribution in [2.75, 3.05) is 33.7 Å². The van der Waals surface area contributed by atoms with Crippen LogP contribution in [0.25, 0.3) is 0 Å². The molecule has 2 aliphatic carbocycles. The van der Waals surface area contributed by atoms with Crippen LogP contribution in [0.15, 0.2) is 0 Å². The molecule has 2 bridgehead atoms. The van der Waals surface area contributed by atoms with Gasteiger partial charge < -0.3 is 18.9 Å². The van der Waals surface area contributed by atoms with Crippen LogP contribution >= 0.6 is 0 Å². The number of carbonyl (C=O) groups excluding carboxylic acids is 1. The third-order valence-electron chi connectivity index (χ3n) is 5.41. The molecule has 0 aromatic rings. The number of methoxy groups -OCH3 is 1. The monoisotopic (exact) mass is 284 g/mol. The van der Waals surface area contributed by atoms with E-state index in [2.05, 4.69) is 6.92 Å². The molecule has 1 spiro atoms. The van der Waals surface area contributed by atoms with Gasteiger partial charge in [-0.05, 0) is 24.2 Å². The maximum atomic E-state index is 12.4. The van der Waals surface area contributed by atoms with Crippen LogP contribution in [0.1, 0.15) is 32.6 Å². The highest BCUT2D eigenvalue weighted by Gasteiger charge is 2.63. The van der Waals surface area contributed by atoms with Gasteiger partial charge in [-0.2, -0.15) is 0 Å². The Bertz CT molecular complexity index is 376. The molecule has 0 amide bonds. The Kier molecular flexibility index (Phi) is 3.88. The van der Waals surface area contributed by atoms with E-state index >= 15 is 0 Å². The van der Waals surface area contributed by atoms with Crippen molar-refractivity contribution in [3.8, 4) is 0 Å². The van der Waals surface area contributed by atoms with Gasteiger partial charge in [-0.1, -0.05) is 6.92 Å². The van der Waals surface area contributed by atoms with Gasteiger partial charge in [-0.3, -0.25) is 4.79 Å². The summed E-state index contributed by atoms with van der Waals surface area (Å²) in [4.78, 5) is 12.4. The van der Waals surface area contributed by atoms with E-state index in [1.54, 1.807) is 7.11 Å². The van der Waals surface area contributed by atoms with Crippen LogP contribution < -0.4 is 0 Å². The molecule has 0 aromatic heterocycles. The van der Waals surface area contributed by atoms with E-state index in [0.29, 0.717) is 44.7 Å². The summed E-state index contributed by atoms with van der Waals surface area (Å²) in [7, 11) is 1.62. The maximum Gasteiger partial charge on any atom is 0.178 e. The second-order valence-corrected chi connectivity index (χ2v) is 6.44. The van der Waals surface area contributed by atoms with Crippen molar-refractivity contribution in [1.82, 2.24) is 0 Å². The highest BCUT2D eigenvalue weighted by Crippen LogP contribution is 2.60. The highest BCUT2D eigenvalue weighted by molar-refractivity contribution is 5.85. The Morgan fingerprint density at radius 3 is 2.75 bits per heavy atom. The fraction of sp³-hybridized carbons (Fsp3) is 0.933. The summed E-state index contributed by atoms with van der Waals surface area (Å²) in [5, 5.41) is 0. The molecule has 0 unspecified atom stereocenters. The fourth-order valence-electron chi connectivity index (χ4n) is 4.27. The number of rotatable bonds is 5. The molecule has 5 heteroatoms. The van der Waals surface area contributed by atoms with Crippen LogP contribution in [-0.4, -0.2) is 45.3 Å². The Morgan fingerprint density at radius 2 is 2.05 bits per heavy atom. The molecule has 0 N–H and O–H groups in total. The summed E-state index contributed by atoms with van der Waals surface area (Å²) in [5.74, 6) is 0.0187. The Hall–Kier alpha value is -0.490. The van der Waals surface area contributed by atoms with Gasteiger partial charge in [0.15, 0.2) is 5.79 Å². The Labute approximate surface area is 119 Å². The topological polar surface area (TPSA) is 54.0 Å². The molecule has 3 aliphatic rings. The van der Waals surface area contributed by atoms with Gasteiger partial charge in [-0.25, -0.2) is 0 Å². The Balaban J connectivity index is 1.71. The summed E-state index contributed by atoms with van der Waals surface area (Å²) in [6, 6.07) is 0. The van der Waals surface area contributed by atoms with E-state index in [1.807, 2.05) is 0 Å². The largest absolute Gasteiger partial charge is 0.359 e. The smallest absolute Gasteiger partial charge is 0.178 e. The minimum absolute atomic E-state index is 0.0655. The number of carbonyl (C=O) groups is 1. The van der Waals surface area contributed by atoms with Crippen molar-refractivity contribution in [3.63, 3.8) is 0 Å². The number of hydrogen-bond donors (Lipinski definition) is 0. The summed E-state index contributed by atoms with van der Waals surface area (Å²) in [5.41, 5.74) is 0.0655. The SMILES string of the molecule is COCOCC[C@@]12CC(=O)[C@@H](C1)C1(C[C@@H]2C)OCCO1. The molecule has 0 aromatic carbocycles. The zero-order chi connectivity index (χ0) is 14.2. The zero-order valence-electron chi connectivity index (χ0n) is 12.4. The van der Waals surface area contributed by atoms with E-state index in [9.17, 15) is 4.79 Å². The van der Waals surface area contributed by atoms with Gasteiger partial charge >= 0.3 is 0 Å². The van der Waals surface area contributed by atoms with Crippen molar-refractivity contribution in [3.05, 3.63) is 0 Å². The number of Topliss-reactive ketones (excluding diaryl/α,β-unsaturated/α-hetero) is 1. The van der Waals surface area contributed by atoms with E-state index in [-0.39, 0.29) is 11.3 Å². The molecule has 2 saturated carbocycles. The zero-order valence-corrected chi connectivity index (χ0v) is 12.4. The van der Waals surface area contributed by atoms with E-state index in [4.69, 9.17) is 18.9 Å². The van der Waals surface area contributed by atoms with E-state index in [1.165, 1.54) is 0 Å². The fourth-order valence-corrected chi connectivity index (χ4v) is 4.27. The molecule has 1 saturated heterocycles. The molecule has 1 aliphatic heterocycles. The predicted molar refractivity (Wildman–Crippen MR) is 71.0 cm³/mol. The molecule has 20 heavy (non-hydrogen) atoms. The van der Waals surface area contributed by atoms with Crippen molar-refractivity contribution in [2.45, 2.75) is 38.4 Å². The number of ether oxygens (including phenoxy) is 4. The Morgan fingerprint density at radius 1 is 1.30 bits per heavy atom. The van der Waals surface area contributed by atoms with Gasteiger partial charge in [0, 0.05) is 26.6 Å². The summed E-state index contributed by atoms with van der Waals surface area (Å²) in [6.07, 6.45) is 3.26. The lowest BCUT2D eigenvalue weighted by Gasteiger charge is -2.45. The predicted octanol–water partition coefficient (Wildman–Crippen LogP) is 1.75. The van der Waals surface area contributed by atoms with E-state index < -0.39 is 5.79 Å². The quantitative estimate of drug-likeness (QED) is 0.568. The van der Waals surface area contributed by atoms with Crippen molar-refractivity contribution < 1.29 is 23.7 Å². The van der Waals surface area contributed by atoms with Crippen LogP contribution in [0.2, 0.25) is 0 Å². The minimum atomic E-state index is -0.621. The minimum Gasteiger partial charge on any atom is -0.359 e. The molecule has 3 fully saturated rings. The van der Waals surface area contributed by atoms with Gasteiger partial charge in [0.1, 0.15) is 12.6 Å². The molecule has 1 heterocycles. The van der Waals surface area contributed by atoms with Crippen LogP contribution in [-0.2, 0) is 23.7 Å². The second-order valence-electron chi connectivity index (χ2n) is 6.44. The first-order valence-electron chi connectivity index (χ1n) is 7.49. The first kappa shape index (κ1) is 14.4. The van der Waals surface area contributed by atoms with Crippen molar-refractivity contribution in [1.29, 1.82) is 0 Å². The lowest BCUT2D eigenvalue weighted by Crippen LogP contribution is -2.48. The first-order valence-corrected chi connectivity index (χ1v) is 7.49. The number of hydrogen-bond acceptors (Lipinski definition) is 5. The number of fused-ring (bicyclic) bond motifs is 3. The maximum absolute atomic E-state index is 12.4. The second kappa shape index (κ2) is 5.37. The van der Waals surface area contributed by atoms with Crippen LogP contribution in [0, 0.1) is 17.3 Å². The van der Waals surface area contributed by atoms with Gasteiger partial charge in [-0.15, -0.1) is 0 Å². The van der Waals surface area contributed by atoms with E-state index in [0.717, 1.165) is 19.3 Å². The molecule has 5 nitrogen and oxygen atoms in total. The molecule has 3 rings (SSSR count). The van der Waals surface area contributed by atoms with Crippen LogP contribution in [0.4, 0.5) is 0 Å². The highest BCUT2D eigenvalue weighted by atomic mass is 16.7. The molecular weight excluding hydrogens is 260 g/mol. The number of ketones is 1. The molecule has 0 radical (unpaired) electrons. The van der Waals surface area contributed by atoms with Gasteiger partial charge in [0.05, 0.1) is 19.1 Å². The molecule has 3 atom stereocenters. The lowest BCUT2D eigenvalue weighted by molar-refractivity contribution is -0.224. The van der Waals surface area contributed by atoms with Gasteiger partial charge in [0.25, 0.3) is 0 Å². The first-order chi connectivity index (χ1) is 9.62. The standard InChI is InChI=1S/C15H24O5/c1-11-7-15(19-5-6-20-15)12-8-14(11,9-13(12)16)3-4-18-10-17-2/h11-12H,3-10H2,1-2H3/t11-,12+,14-/m0/s1. The van der Waals surface area contributed by atoms with Crippen molar-refractivity contribution >= 4 is 5.78 Å². The average Bonchev–Trinajstić information content (AvgIpc) is 2.99. The van der Waals surface area contributed by atoms with Gasteiger partial charge in [0.2, 0.25) is 0 Å². The lowest BCUT2D eigenvalue weighted by atomic mass is 9.64. The third-order valence-corrected chi connectivity index (χ3v) is 5.41. The average molecular weight is 284 g/mol. The molecular formula is C15H24O5. The van der Waals surface area contributed by atoms with Crippen molar-refractivity contribution in [2.24, 2.45) is 17.3 Å². The summed E-state index contributed by atoms with van der Waals surface area (Å²) in [6.45, 7) is 4.41.